The molecule has 2 N–H and O–H groups in total. The monoisotopic (exact) mass is 327 g/mol. The van der Waals surface area contributed by atoms with Crippen LogP contribution in [0.2, 0.25) is 0 Å². The fraction of sp³-hybridized carbons (Fsp3) is 0.812. The molecule has 1 aliphatic heterocycles. The van der Waals surface area contributed by atoms with Crippen LogP contribution in [0.4, 0.5) is 0 Å². The summed E-state index contributed by atoms with van der Waals surface area (Å²) >= 11 is 1.82. The smallest absolute Gasteiger partial charge is 0.216 e. The van der Waals surface area contributed by atoms with Crippen LogP contribution in [-0.4, -0.2) is 45.1 Å². The van der Waals surface area contributed by atoms with Crippen molar-refractivity contribution in [3.8, 4) is 5.88 Å². The van der Waals surface area contributed by atoms with Crippen molar-refractivity contribution in [3.63, 3.8) is 0 Å². The van der Waals surface area contributed by atoms with Crippen molar-refractivity contribution in [2.75, 3.05) is 24.7 Å². The molecule has 2 rings (SSSR count). The van der Waals surface area contributed by atoms with Gasteiger partial charge in [-0.2, -0.15) is 16.9 Å². The molecular formula is C16H29N3O2S. The van der Waals surface area contributed by atoms with Crippen LogP contribution < -0.4 is 10.1 Å². The first-order chi connectivity index (χ1) is 10.4. The van der Waals surface area contributed by atoms with E-state index >= 15 is 0 Å². The maximum absolute atomic E-state index is 10.4. The molecule has 0 amide bonds. The number of thioether (sulfide) groups is 1. The van der Waals surface area contributed by atoms with E-state index in [4.69, 9.17) is 4.74 Å². The third-order valence-corrected chi connectivity index (χ3v) is 5.09. The first-order valence-electron chi connectivity index (χ1n) is 8.15. The third kappa shape index (κ3) is 4.40. The minimum absolute atomic E-state index is 0.524. The zero-order valence-electron chi connectivity index (χ0n) is 14.2. The molecule has 1 saturated heterocycles. The molecule has 0 aromatic carbocycles. The molecule has 5 nitrogen and oxygen atoms in total. The summed E-state index contributed by atoms with van der Waals surface area (Å²) in [5.74, 6) is 3.27. The number of aliphatic hydroxyl groups is 1. The second-order valence-corrected chi connectivity index (χ2v) is 7.61. The molecule has 1 aromatic rings. The summed E-state index contributed by atoms with van der Waals surface area (Å²) < 4.78 is 7.80. The second kappa shape index (κ2) is 7.70. The van der Waals surface area contributed by atoms with Gasteiger partial charge in [0.2, 0.25) is 5.88 Å². The highest BCUT2D eigenvalue weighted by Crippen LogP contribution is 2.28. The maximum Gasteiger partial charge on any atom is 0.216 e. The predicted molar refractivity (Wildman–Crippen MR) is 91.6 cm³/mol. The molecule has 0 bridgehead atoms. The van der Waals surface area contributed by atoms with E-state index in [0.29, 0.717) is 25.6 Å². The minimum Gasteiger partial charge on any atom is -0.478 e. The summed E-state index contributed by atoms with van der Waals surface area (Å²) in [7, 11) is 0. The summed E-state index contributed by atoms with van der Waals surface area (Å²) in [6, 6.07) is 0. The number of rotatable bonds is 8. The summed E-state index contributed by atoms with van der Waals surface area (Å²) in [6.07, 6.45) is 0.870. The molecule has 2 heterocycles. The topological polar surface area (TPSA) is 59.3 Å². The fourth-order valence-corrected chi connectivity index (χ4v) is 4.02. The second-order valence-electron chi connectivity index (χ2n) is 6.51. The normalized spacial score (nSPS) is 21.7. The van der Waals surface area contributed by atoms with Crippen molar-refractivity contribution in [2.24, 2.45) is 5.92 Å². The Kier molecular flexibility index (Phi) is 6.17. The van der Waals surface area contributed by atoms with Crippen LogP contribution in [0.5, 0.6) is 5.88 Å². The standard InChI is InChI=1S/C16H29N3O2S/c1-5-21-15-14(13(4)18-19(15)9-12(2)3)8-17-10-16(20)6-7-22-11-16/h12,17,20H,5-11H2,1-4H3. The molecule has 0 spiro atoms. The van der Waals surface area contributed by atoms with Gasteiger partial charge >= 0.3 is 0 Å². The lowest BCUT2D eigenvalue weighted by Gasteiger charge is -2.21. The van der Waals surface area contributed by atoms with Crippen molar-refractivity contribution in [1.29, 1.82) is 0 Å². The van der Waals surface area contributed by atoms with Crippen molar-refractivity contribution in [3.05, 3.63) is 11.3 Å². The van der Waals surface area contributed by atoms with Gasteiger partial charge in [0.1, 0.15) is 0 Å². The Morgan fingerprint density at radius 1 is 1.50 bits per heavy atom. The van der Waals surface area contributed by atoms with Crippen molar-refractivity contribution < 1.29 is 9.84 Å². The van der Waals surface area contributed by atoms with E-state index in [1.54, 1.807) is 0 Å². The zero-order chi connectivity index (χ0) is 16.2. The lowest BCUT2D eigenvalue weighted by Crippen LogP contribution is -2.40. The molecule has 1 unspecified atom stereocenters. The Hall–Kier alpha value is -0.720. The average molecular weight is 327 g/mol. The highest BCUT2D eigenvalue weighted by Gasteiger charge is 2.31. The molecule has 126 valence electrons. The number of nitrogens with one attached hydrogen (secondary N) is 1. The van der Waals surface area contributed by atoms with Gasteiger partial charge < -0.3 is 15.2 Å². The maximum atomic E-state index is 10.4. The molecule has 0 radical (unpaired) electrons. The minimum atomic E-state index is -0.557. The van der Waals surface area contributed by atoms with E-state index < -0.39 is 5.60 Å². The molecule has 6 heteroatoms. The van der Waals surface area contributed by atoms with Crippen LogP contribution in [0.25, 0.3) is 0 Å². The van der Waals surface area contributed by atoms with Crippen molar-refractivity contribution in [2.45, 2.75) is 52.8 Å². The van der Waals surface area contributed by atoms with Gasteiger partial charge in [-0.1, -0.05) is 13.8 Å². The molecule has 22 heavy (non-hydrogen) atoms. The first-order valence-corrected chi connectivity index (χ1v) is 9.30. The molecule has 0 saturated carbocycles. The molecule has 1 aliphatic rings. The van der Waals surface area contributed by atoms with Crippen LogP contribution in [0.15, 0.2) is 0 Å². The highest BCUT2D eigenvalue weighted by atomic mass is 32.2. The Balaban J connectivity index is 2.03. The molecule has 1 fully saturated rings. The summed E-state index contributed by atoms with van der Waals surface area (Å²) in [4.78, 5) is 0. The van der Waals surface area contributed by atoms with Crippen molar-refractivity contribution >= 4 is 11.8 Å². The Morgan fingerprint density at radius 3 is 2.86 bits per heavy atom. The number of hydrogen-bond donors (Lipinski definition) is 2. The van der Waals surface area contributed by atoms with E-state index in [2.05, 4.69) is 24.3 Å². The van der Waals surface area contributed by atoms with Gasteiger partial charge in [-0.05, 0) is 31.9 Å². The summed E-state index contributed by atoms with van der Waals surface area (Å²) in [5.41, 5.74) is 1.55. The number of aromatic nitrogens is 2. The Labute approximate surface area is 137 Å². The molecule has 0 aliphatic carbocycles. The Morgan fingerprint density at radius 2 is 2.27 bits per heavy atom. The van der Waals surface area contributed by atoms with Gasteiger partial charge in [0.05, 0.1) is 23.5 Å². The van der Waals surface area contributed by atoms with E-state index in [-0.39, 0.29) is 0 Å². The molecule has 1 aromatic heterocycles. The van der Waals surface area contributed by atoms with Gasteiger partial charge in [0.15, 0.2) is 0 Å². The highest BCUT2D eigenvalue weighted by molar-refractivity contribution is 7.99. The van der Waals surface area contributed by atoms with Crippen LogP contribution in [0.3, 0.4) is 0 Å². The predicted octanol–water partition coefficient (Wildman–Crippen LogP) is 2.20. The molecular weight excluding hydrogens is 298 g/mol. The summed E-state index contributed by atoms with van der Waals surface area (Å²) in [6.45, 7) is 11.2. The van der Waals surface area contributed by atoms with Crippen LogP contribution in [0, 0.1) is 12.8 Å². The quantitative estimate of drug-likeness (QED) is 0.766. The van der Waals surface area contributed by atoms with E-state index in [0.717, 1.165) is 41.6 Å². The van der Waals surface area contributed by atoms with E-state index in [9.17, 15) is 5.11 Å². The first kappa shape index (κ1) is 17.6. The van der Waals surface area contributed by atoms with Crippen LogP contribution in [0.1, 0.15) is 38.4 Å². The van der Waals surface area contributed by atoms with Crippen molar-refractivity contribution in [1.82, 2.24) is 15.1 Å². The van der Waals surface area contributed by atoms with Gasteiger partial charge in [0, 0.05) is 25.4 Å². The van der Waals surface area contributed by atoms with Gasteiger partial charge in [-0.25, -0.2) is 4.68 Å². The number of hydrogen-bond acceptors (Lipinski definition) is 5. The number of aryl methyl sites for hydroxylation is 1. The van der Waals surface area contributed by atoms with Crippen LogP contribution >= 0.6 is 11.8 Å². The average Bonchev–Trinajstić information content (AvgIpc) is 2.98. The van der Waals surface area contributed by atoms with Gasteiger partial charge in [0.25, 0.3) is 0 Å². The fourth-order valence-electron chi connectivity index (χ4n) is 2.72. The Bertz CT molecular complexity index is 482. The van der Waals surface area contributed by atoms with Gasteiger partial charge in [-0.3, -0.25) is 0 Å². The van der Waals surface area contributed by atoms with Crippen LogP contribution in [-0.2, 0) is 13.1 Å². The largest absolute Gasteiger partial charge is 0.478 e. The lowest BCUT2D eigenvalue weighted by atomic mass is 10.0. The van der Waals surface area contributed by atoms with Gasteiger partial charge in [-0.15, -0.1) is 0 Å². The van der Waals surface area contributed by atoms with E-state index in [1.165, 1.54) is 0 Å². The number of ether oxygens (including phenoxy) is 1. The lowest BCUT2D eigenvalue weighted by molar-refractivity contribution is 0.0673. The summed E-state index contributed by atoms with van der Waals surface area (Å²) in [5, 5.41) is 18.4. The molecule has 1 atom stereocenters. The SMILES string of the molecule is CCOc1c(CNCC2(O)CCSC2)c(C)nn1CC(C)C. The zero-order valence-corrected chi connectivity index (χ0v) is 15.0. The number of nitrogens with zero attached hydrogens (tertiary/aromatic N) is 2. The third-order valence-electron chi connectivity index (χ3n) is 3.86. The van der Waals surface area contributed by atoms with E-state index in [1.807, 2.05) is 30.3 Å².